The van der Waals surface area contributed by atoms with Crippen molar-refractivity contribution in [3.05, 3.63) is 46.5 Å². The topological polar surface area (TPSA) is 59.6 Å². The van der Waals surface area contributed by atoms with Gasteiger partial charge in [-0.2, -0.15) is 0 Å². The molecule has 0 atom stereocenters. The summed E-state index contributed by atoms with van der Waals surface area (Å²) < 4.78 is 10.4. The maximum atomic E-state index is 12.2. The highest BCUT2D eigenvalue weighted by Gasteiger charge is 2.11. The number of carbonyl (C=O) groups excluding carboxylic acids is 1. The normalized spacial score (nSPS) is 10.1. The van der Waals surface area contributed by atoms with Gasteiger partial charge < -0.3 is 20.1 Å². The SMILES string of the molecule is COc1ccc(NC(=O)Nc2cc(C)c(Cl)cc2OC)c(C)c1. The first-order valence-electron chi connectivity index (χ1n) is 7.01. The summed E-state index contributed by atoms with van der Waals surface area (Å²) in [6.07, 6.45) is 0. The molecule has 0 saturated heterocycles. The summed E-state index contributed by atoms with van der Waals surface area (Å²) in [7, 11) is 3.13. The van der Waals surface area contributed by atoms with E-state index in [1.807, 2.05) is 19.9 Å². The largest absolute Gasteiger partial charge is 0.497 e. The van der Waals surface area contributed by atoms with Gasteiger partial charge in [0.25, 0.3) is 0 Å². The van der Waals surface area contributed by atoms with Crippen LogP contribution in [0.5, 0.6) is 11.5 Å². The molecule has 6 heteroatoms. The number of hydrogen-bond acceptors (Lipinski definition) is 3. The fraction of sp³-hybridized carbons (Fsp3) is 0.235. The number of benzene rings is 2. The average molecular weight is 335 g/mol. The van der Waals surface area contributed by atoms with E-state index in [4.69, 9.17) is 21.1 Å². The predicted molar refractivity (Wildman–Crippen MR) is 93.1 cm³/mol. The van der Waals surface area contributed by atoms with Crippen LogP contribution in [-0.4, -0.2) is 20.3 Å². The molecule has 5 nitrogen and oxygen atoms in total. The van der Waals surface area contributed by atoms with Crippen molar-refractivity contribution in [2.24, 2.45) is 0 Å². The molecule has 23 heavy (non-hydrogen) atoms. The number of urea groups is 1. The maximum absolute atomic E-state index is 12.2. The monoisotopic (exact) mass is 334 g/mol. The Bertz CT molecular complexity index is 732. The molecule has 2 amide bonds. The van der Waals surface area contributed by atoms with Crippen LogP contribution < -0.4 is 20.1 Å². The van der Waals surface area contributed by atoms with Crippen LogP contribution in [0.15, 0.2) is 30.3 Å². The van der Waals surface area contributed by atoms with Crippen molar-refractivity contribution in [3.8, 4) is 11.5 Å². The van der Waals surface area contributed by atoms with Crippen molar-refractivity contribution in [1.82, 2.24) is 0 Å². The molecule has 122 valence electrons. The van der Waals surface area contributed by atoms with Crippen molar-refractivity contribution >= 4 is 29.0 Å². The number of aryl methyl sites for hydroxylation is 2. The zero-order valence-corrected chi connectivity index (χ0v) is 14.2. The second-order valence-corrected chi connectivity index (χ2v) is 5.47. The highest BCUT2D eigenvalue weighted by Crippen LogP contribution is 2.31. The molecule has 0 aliphatic carbocycles. The number of hydrogen-bond donors (Lipinski definition) is 2. The van der Waals surface area contributed by atoms with Crippen LogP contribution in [0.25, 0.3) is 0 Å². The van der Waals surface area contributed by atoms with E-state index in [-0.39, 0.29) is 6.03 Å². The summed E-state index contributed by atoms with van der Waals surface area (Å²) in [5.41, 5.74) is 3.01. The average Bonchev–Trinajstić information content (AvgIpc) is 2.52. The first kappa shape index (κ1) is 17.0. The molecule has 2 rings (SSSR count). The van der Waals surface area contributed by atoms with Crippen molar-refractivity contribution in [2.75, 3.05) is 24.9 Å². The lowest BCUT2D eigenvalue weighted by molar-refractivity contribution is 0.262. The Morgan fingerprint density at radius 3 is 2.26 bits per heavy atom. The van der Waals surface area contributed by atoms with E-state index < -0.39 is 0 Å². The third-order valence-electron chi connectivity index (χ3n) is 3.41. The molecule has 2 N–H and O–H groups in total. The minimum Gasteiger partial charge on any atom is -0.497 e. The van der Waals surface area contributed by atoms with E-state index in [0.29, 0.717) is 22.1 Å². The van der Waals surface area contributed by atoms with Crippen molar-refractivity contribution < 1.29 is 14.3 Å². The highest BCUT2D eigenvalue weighted by molar-refractivity contribution is 6.31. The van der Waals surface area contributed by atoms with Gasteiger partial charge in [0.2, 0.25) is 0 Å². The third-order valence-corrected chi connectivity index (χ3v) is 3.82. The van der Waals surface area contributed by atoms with Crippen LogP contribution in [0, 0.1) is 13.8 Å². The predicted octanol–water partition coefficient (Wildman–Crippen LogP) is 4.62. The van der Waals surface area contributed by atoms with E-state index >= 15 is 0 Å². The van der Waals surface area contributed by atoms with Gasteiger partial charge in [-0.1, -0.05) is 11.6 Å². The number of nitrogens with one attached hydrogen (secondary N) is 2. The molecule has 0 aromatic heterocycles. The summed E-state index contributed by atoms with van der Waals surface area (Å²) in [6, 6.07) is 8.50. The molecule has 0 fully saturated rings. The molecule has 0 bridgehead atoms. The Labute approximate surface area is 140 Å². The van der Waals surface area contributed by atoms with Gasteiger partial charge >= 0.3 is 6.03 Å². The molecular weight excluding hydrogens is 316 g/mol. The van der Waals surface area contributed by atoms with E-state index in [0.717, 1.165) is 16.9 Å². The molecule has 0 saturated carbocycles. The standard InChI is InChI=1S/C17H19ClN2O3/c1-10-8-15(16(23-4)9-13(10)18)20-17(21)19-14-6-5-12(22-3)7-11(14)2/h5-9H,1-4H3,(H2,19,20,21). The van der Waals surface area contributed by atoms with Crippen LogP contribution in [0.4, 0.5) is 16.2 Å². The number of halogens is 1. The Hall–Kier alpha value is -2.40. The Kier molecular flexibility index (Phi) is 5.34. The fourth-order valence-electron chi connectivity index (χ4n) is 2.11. The minimum atomic E-state index is -0.363. The lowest BCUT2D eigenvalue weighted by Crippen LogP contribution is -2.20. The Morgan fingerprint density at radius 2 is 1.65 bits per heavy atom. The zero-order chi connectivity index (χ0) is 17.0. The van der Waals surface area contributed by atoms with Crippen molar-refractivity contribution in [3.63, 3.8) is 0 Å². The van der Waals surface area contributed by atoms with Gasteiger partial charge in [-0.3, -0.25) is 0 Å². The third kappa shape index (κ3) is 4.07. The van der Waals surface area contributed by atoms with Gasteiger partial charge in [0.15, 0.2) is 0 Å². The van der Waals surface area contributed by atoms with E-state index in [1.54, 1.807) is 31.4 Å². The first-order chi connectivity index (χ1) is 10.9. The molecule has 0 unspecified atom stereocenters. The lowest BCUT2D eigenvalue weighted by atomic mass is 10.2. The molecule has 0 radical (unpaired) electrons. The van der Waals surface area contributed by atoms with Gasteiger partial charge in [0.1, 0.15) is 11.5 Å². The molecule has 0 aliphatic heterocycles. The van der Waals surface area contributed by atoms with Crippen LogP contribution in [0.3, 0.4) is 0 Å². The Morgan fingerprint density at radius 1 is 0.957 bits per heavy atom. The van der Waals surface area contributed by atoms with Crippen molar-refractivity contribution in [1.29, 1.82) is 0 Å². The van der Waals surface area contributed by atoms with Crippen molar-refractivity contribution in [2.45, 2.75) is 13.8 Å². The van der Waals surface area contributed by atoms with Crippen LogP contribution in [-0.2, 0) is 0 Å². The van der Waals surface area contributed by atoms with Crippen LogP contribution >= 0.6 is 11.6 Å². The summed E-state index contributed by atoms with van der Waals surface area (Å²) in [4.78, 5) is 12.2. The molecule has 0 spiro atoms. The number of ether oxygens (including phenoxy) is 2. The van der Waals surface area contributed by atoms with E-state index in [1.165, 1.54) is 7.11 Å². The van der Waals surface area contributed by atoms with Gasteiger partial charge in [-0.15, -0.1) is 0 Å². The number of anilines is 2. The van der Waals surface area contributed by atoms with Gasteiger partial charge in [-0.25, -0.2) is 4.79 Å². The van der Waals surface area contributed by atoms with Crippen LogP contribution in [0.2, 0.25) is 5.02 Å². The summed E-state index contributed by atoms with van der Waals surface area (Å²) >= 11 is 6.06. The number of rotatable bonds is 4. The van der Waals surface area contributed by atoms with Gasteiger partial charge in [0.05, 0.1) is 19.9 Å². The second-order valence-electron chi connectivity index (χ2n) is 5.06. The molecule has 2 aromatic carbocycles. The molecule has 0 heterocycles. The quantitative estimate of drug-likeness (QED) is 0.857. The second kappa shape index (κ2) is 7.24. The first-order valence-corrected chi connectivity index (χ1v) is 7.39. The smallest absolute Gasteiger partial charge is 0.323 e. The minimum absolute atomic E-state index is 0.363. The number of carbonyl (C=O) groups is 1. The van der Waals surface area contributed by atoms with Gasteiger partial charge in [0, 0.05) is 16.8 Å². The number of amides is 2. The number of methoxy groups -OCH3 is 2. The summed E-state index contributed by atoms with van der Waals surface area (Å²) in [6.45, 7) is 3.75. The molecule has 2 aromatic rings. The lowest BCUT2D eigenvalue weighted by Gasteiger charge is -2.14. The van der Waals surface area contributed by atoms with E-state index in [2.05, 4.69) is 10.6 Å². The molecule has 0 aliphatic rings. The maximum Gasteiger partial charge on any atom is 0.323 e. The fourth-order valence-corrected chi connectivity index (χ4v) is 2.26. The summed E-state index contributed by atoms with van der Waals surface area (Å²) in [5.74, 6) is 1.24. The highest BCUT2D eigenvalue weighted by atomic mass is 35.5. The van der Waals surface area contributed by atoms with Gasteiger partial charge in [-0.05, 0) is 49.2 Å². The zero-order valence-electron chi connectivity index (χ0n) is 13.5. The van der Waals surface area contributed by atoms with Crippen LogP contribution in [0.1, 0.15) is 11.1 Å². The van der Waals surface area contributed by atoms with E-state index in [9.17, 15) is 4.79 Å². The Balaban J connectivity index is 2.15. The molecular formula is C17H19ClN2O3. The summed E-state index contributed by atoms with van der Waals surface area (Å²) in [5, 5.41) is 6.15.